The molecule has 6 nitrogen and oxygen atoms in total. The maximum Gasteiger partial charge on any atom is 2.00 e. The van der Waals surface area contributed by atoms with E-state index in [0.717, 1.165) is 62.1 Å². The molecule has 0 saturated carbocycles. The topological polar surface area (TPSA) is 114 Å². The summed E-state index contributed by atoms with van der Waals surface area (Å²) >= 11 is 0. The summed E-state index contributed by atoms with van der Waals surface area (Å²) in [6.45, 7) is 9.02. The fourth-order valence-electron chi connectivity index (χ4n) is 10.6. The summed E-state index contributed by atoms with van der Waals surface area (Å²) in [5.41, 5.74) is 4.85. The summed E-state index contributed by atoms with van der Waals surface area (Å²) in [6.07, 6.45) is 50.6. The first kappa shape index (κ1) is 67.6. The summed E-state index contributed by atoms with van der Waals surface area (Å²) < 4.78 is 71.2. The third-order valence-corrected chi connectivity index (χ3v) is 16.8. The van der Waals surface area contributed by atoms with Gasteiger partial charge in [0.15, 0.2) is 0 Å². The van der Waals surface area contributed by atoms with Crippen LogP contribution < -0.4 is 0 Å². The van der Waals surface area contributed by atoms with E-state index < -0.39 is 20.2 Å². The largest absolute Gasteiger partial charge is 2.00 e. The van der Waals surface area contributed by atoms with Gasteiger partial charge in [0, 0.05) is 0 Å². The number of aryl methyl sites for hydroxylation is 4. The Labute approximate surface area is 478 Å². The minimum atomic E-state index is -4.49. The second-order valence-electron chi connectivity index (χ2n) is 21.4. The zero-order chi connectivity index (χ0) is 52.1. The molecule has 0 radical (unpaired) electrons. The van der Waals surface area contributed by atoms with Crippen LogP contribution in [0.25, 0.3) is 21.5 Å². The van der Waals surface area contributed by atoms with Gasteiger partial charge in [-0.3, -0.25) is 0 Å². The average molecular weight is 1070 g/mol. The Balaban J connectivity index is 0.000000493. The van der Waals surface area contributed by atoms with Gasteiger partial charge in [0.25, 0.3) is 0 Å². The van der Waals surface area contributed by atoms with Crippen molar-refractivity contribution in [2.24, 2.45) is 0 Å². The van der Waals surface area contributed by atoms with E-state index in [1.807, 2.05) is 36.4 Å². The Bertz CT molecular complexity index is 2100. The van der Waals surface area contributed by atoms with Crippen molar-refractivity contribution in [2.45, 2.75) is 294 Å². The van der Waals surface area contributed by atoms with Crippen molar-refractivity contribution in [1.82, 2.24) is 0 Å². The fourth-order valence-corrected chi connectivity index (χ4v) is 11.9. The van der Waals surface area contributed by atoms with Gasteiger partial charge in [-0.25, -0.2) is 16.8 Å². The van der Waals surface area contributed by atoms with Crippen LogP contribution in [0.15, 0.2) is 70.5 Å². The molecule has 0 atom stereocenters. The summed E-state index contributed by atoms with van der Waals surface area (Å²) in [4.78, 5) is -0.161. The minimum Gasteiger partial charge on any atom is -0.744 e. The average Bonchev–Trinajstić information content (AvgIpc) is 3.36. The van der Waals surface area contributed by atoms with E-state index in [9.17, 15) is 25.9 Å². The van der Waals surface area contributed by atoms with Crippen LogP contribution in [0.3, 0.4) is 0 Å². The van der Waals surface area contributed by atoms with Crippen molar-refractivity contribution in [1.29, 1.82) is 0 Å². The van der Waals surface area contributed by atoms with Gasteiger partial charge < -0.3 is 9.11 Å². The first-order chi connectivity index (χ1) is 34.9. The molecule has 0 unspecified atom stereocenters. The van der Waals surface area contributed by atoms with E-state index in [2.05, 4.69) is 39.8 Å². The molecule has 4 aromatic rings. The van der Waals surface area contributed by atoms with Crippen molar-refractivity contribution >= 4 is 79.5 Å². The molecule has 4 rings (SSSR count). The van der Waals surface area contributed by atoms with E-state index >= 15 is 0 Å². The van der Waals surface area contributed by atoms with Gasteiger partial charge in [-0.15, -0.1) is 0 Å². The Kier molecular flexibility index (Phi) is 38.5. The molecule has 0 aromatic heterocycles. The molecule has 73 heavy (non-hydrogen) atoms. The summed E-state index contributed by atoms with van der Waals surface area (Å²) in [5, 5.41) is 3.10. The number of benzene rings is 4. The van der Waals surface area contributed by atoms with E-state index in [-0.39, 0.29) is 47.5 Å². The number of fused-ring (bicyclic) bond motifs is 2. The SMILES string of the molecule is CCCCCCCCCCCc1ccc2c(S(=O)(=O)[O-])ccc(CCCCCCCCCCC)c2c1.CCCCCCCCCCCc1ccc2c(S(=O)(=O)[O-])ccc(CCCCCCCCCCC)c2c1.[Ca+2]. The minimum absolute atomic E-state index is 0. The fraction of sp³-hybridized carbons (Fsp3) is 0.688. The smallest absolute Gasteiger partial charge is 0.744 e. The van der Waals surface area contributed by atoms with Crippen molar-refractivity contribution in [3.63, 3.8) is 0 Å². The van der Waals surface area contributed by atoms with Crippen LogP contribution in [0.2, 0.25) is 0 Å². The van der Waals surface area contributed by atoms with E-state index in [1.54, 1.807) is 0 Å². The third kappa shape index (κ3) is 29.2. The van der Waals surface area contributed by atoms with Crippen LogP contribution in [0, 0.1) is 0 Å². The Morgan fingerprint density at radius 2 is 0.521 bits per heavy atom. The normalized spacial score (nSPS) is 11.8. The summed E-state index contributed by atoms with van der Waals surface area (Å²) in [6, 6.07) is 18.9. The number of hydrogen-bond acceptors (Lipinski definition) is 6. The molecule has 0 aliphatic rings. The molecule has 0 amide bonds. The van der Waals surface area contributed by atoms with Gasteiger partial charge in [-0.1, -0.05) is 282 Å². The van der Waals surface area contributed by atoms with Crippen LogP contribution >= 0.6 is 0 Å². The monoisotopic (exact) mass is 1070 g/mol. The standard InChI is InChI=1S/2C32H52O3S.Ca/c2*1-3-5-7-9-11-13-15-17-19-21-28-23-25-30-31(27-28)29(24-26-32(30)36(33,34)35)22-20-18-16-14-12-10-8-6-4-2;/h2*23-27H,3-22H2,1-2H3,(H,33,34,35);/q;;+2/p-2. The number of rotatable bonds is 42. The summed E-state index contributed by atoms with van der Waals surface area (Å²) in [5.74, 6) is 0. The second-order valence-corrected chi connectivity index (χ2v) is 24.1. The molecule has 0 aliphatic carbocycles. The maximum absolute atomic E-state index is 11.9. The van der Waals surface area contributed by atoms with Gasteiger partial charge in [0.2, 0.25) is 0 Å². The molecule has 9 heteroatoms. The van der Waals surface area contributed by atoms with Crippen molar-refractivity contribution in [3.05, 3.63) is 82.9 Å². The predicted octanol–water partition coefficient (Wildman–Crippen LogP) is 19.4. The van der Waals surface area contributed by atoms with Crippen molar-refractivity contribution < 1.29 is 25.9 Å². The molecular formula is C64H102CaO6S2. The molecule has 4 aromatic carbocycles. The van der Waals surface area contributed by atoms with Gasteiger partial charge in [0.1, 0.15) is 20.2 Å². The Morgan fingerprint density at radius 1 is 0.288 bits per heavy atom. The number of hydrogen-bond donors (Lipinski definition) is 0. The number of unbranched alkanes of at least 4 members (excludes halogenated alkanes) is 32. The van der Waals surface area contributed by atoms with Gasteiger partial charge in [-0.2, -0.15) is 0 Å². The van der Waals surface area contributed by atoms with Crippen LogP contribution in [-0.4, -0.2) is 63.7 Å². The zero-order valence-electron chi connectivity index (χ0n) is 47.0. The van der Waals surface area contributed by atoms with Crippen molar-refractivity contribution in [3.8, 4) is 0 Å². The molecule has 0 saturated heterocycles. The van der Waals surface area contributed by atoms with Crippen LogP contribution in [0.4, 0.5) is 0 Å². The molecule has 0 bridgehead atoms. The quantitative estimate of drug-likeness (QED) is 0.0248. The maximum atomic E-state index is 11.9. The Hall–Kier alpha value is -1.52. The predicted molar refractivity (Wildman–Crippen MR) is 313 cm³/mol. The molecule has 0 spiro atoms. The van der Waals surface area contributed by atoms with Gasteiger partial charge >= 0.3 is 37.7 Å². The zero-order valence-corrected chi connectivity index (χ0v) is 50.9. The third-order valence-electron chi connectivity index (χ3n) is 15.0. The molecular weight excluding hydrogens is 969 g/mol. The first-order valence-corrected chi connectivity index (χ1v) is 32.8. The molecule has 0 heterocycles. The molecule has 0 aliphatic heterocycles. The van der Waals surface area contributed by atoms with Gasteiger partial charge in [-0.05, 0) is 107 Å². The molecule has 0 N–H and O–H groups in total. The second kappa shape index (κ2) is 41.6. The van der Waals surface area contributed by atoms with E-state index in [0.29, 0.717) is 10.8 Å². The molecule has 0 fully saturated rings. The first-order valence-electron chi connectivity index (χ1n) is 29.9. The van der Waals surface area contributed by atoms with Crippen LogP contribution in [0.1, 0.15) is 281 Å². The van der Waals surface area contributed by atoms with E-state index in [4.69, 9.17) is 0 Å². The Morgan fingerprint density at radius 3 is 0.767 bits per heavy atom. The van der Waals surface area contributed by atoms with Crippen molar-refractivity contribution in [2.75, 3.05) is 0 Å². The summed E-state index contributed by atoms with van der Waals surface area (Å²) in [7, 11) is -8.97. The molecule has 408 valence electrons. The van der Waals surface area contributed by atoms with Gasteiger partial charge in [0.05, 0.1) is 9.79 Å². The van der Waals surface area contributed by atoms with E-state index in [1.165, 1.54) is 240 Å². The van der Waals surface area contributed by atoms with Crippen LogP contribution in [-0.2, 0) is 45.9 Å². The van der Waals surface area contributed by atoms with Crippen LogP contribution in [0.5, 0.6) is 0 Å².